The Labute approximate surface area is 252 Å². The summed E-state index contributed by atoms with van der Waals surface area (Å²) in [5.41, 5.74) is 15.2. The first kappa shape index (κ1) is 32.3. The van der Waals surface area contributed by atoms with E-state index in [0.717, 1.165) is 11.1 Å². The van der Waals surface area contributed by atoms with Crippen LogP contribution in [0.25, 0.3) is 16.3 Å². The van der Waals surface area contributed by atoms with Gasteiger partial charge in [-0.05, 0) is 99.9 Å². The Kier molecular flexibility index (Phi) is 9.83. The molecule has 0 saturated carbocycles. The maximum Gasteiger partial charge on any atom is 0.265 e. The van der Waals surface area contributed by atoms with Crippen molar-refractivity contribution in [2.45, 2.75) is 79.6 Å². The molecule has 0 atom stereocenters. The monoisotopic (exact) mass is 562 g/mol. The molecule has 0 radical (unpaired) electrons. The molecular formula is C38H46N2O2. The molecule has 0 heterocycles. The molecule has 3 aromatic rings. The van der Waals surface area contributed by atoms with Crippen LogP contribution in [0, 0.1) is 17.0 Å². The Morgan fingerprint density at radius 3 is 1.95 bits per heavy atom. The fraction of sp³-hybridized carbons (Fsp3) is 0.316. The highest BCUT2D eigenvalue weighted by Gasteiger charge is 2.21. The van der Waals surface area contributed by atoms with Crippen molar-refractivity contribution in [1.29, 1.82) is 0 Å². The summed E-state index contributed by atoms with van der Waals surface area (Å²) in [4.78, 5) is 11.2. The highest BCUT2D eigenvalue weighted by molar-refractivity contribution is 5.84. The quantitative estimate of drug-likeness (QED) is 0.169. The van der Waals surface area contributed by atoms with E-state index < -0.39 is 4.92 Å². The average Bonchev–Trinajstić information content (AvgIpc) is 2.89. The van der Waals surface area contributed by atoms with Gasteiger partial charge in [0.15, 0.2) is 0 Å². The van der Waals surface area contributed by atoms with Gasteiger partial charge in [0.1, 0.15) is 0 Å². The van der Waals surface area contributed by atoms with Gasteiger partial charge in [-0.25, -0.2) is 0 Å². The predicted octanol–water partition coefficient (Wildman–Crippen LogP) is 9.89. The van der Waals surface area contributed by atoms with E-state index in [1.54, 1.807) is 6.92 Å². The Hall–Kier alpha value is -4.18. The van der Waals surface area contributed by atoms with Crippen LogP contribution in [0.1, 0.15) is 83.2 Å². The molecule has 0 unspecified atom stereocenters. The number of allylic oxidation sites excluding steroid dienone is 6. The Morgan fingerprint density at radius 1 is 0.929 bits per heavy atom. The predicted molar refractivity (Wildman–Crippen MR) is 180 cm³/mol. The fourth-order valence-corrected chi connectivity index (χ4v) is 4.85. The van der Waals surface area contributed by atoms with Crippen molar-refractivity contribution in [1.82, 2.24) is 0 Å². The molecule has 0 amide bonds. The van der Waals surface area contributed by atoms with Gasteiger partial charge in [0.25, 0.3) is 5.70 Å². The number of nitrogens with two attached hydrogens (primary N) is 1. The summed E-state index contributed by atoms with van der Waals surface area (Å²) >= 11 is 0. The number of hydrogen-bond acceptors (Lipinski definition) is 3. The number of aryl methyl sites for hydroxylation is 1. The number of rotatable bonds is 8. The highest BCUT2D eigenvalue weighted by Crippen LogP contribution is 2.34. The minimum Gasteiger partial charge on any atom is -0.398 e. The zero-order valence-corrected chi connectivity index (χ0v) is 26.8. The first-order valence-corrected chi connectivity index (χ1v) is 14.5. The van der Waals surface area contributed by atoms with E-state index in [4.69, 9.17) is 5.73 Å². The van der Waals surface area contributed by atoms with Crippen molar-refractivity contribution in [3.05, 3.63) is 146 Å². The van der Waals surface area contributed by atoms with E-state index >= 15 is 0 Å². The maximum atomic E-state index is 11.6. The summed E-state index contributed by atoms with van der Waals surface area (Å²) in [5, 5.41) is 14.0. The molecule has 4 heteroatoms. The average molecular weight is 563 g/mol. The zero-order chi connectivity index (χ0) is 31.4. The molecule has 0 bridgehead atoms. The van der Waals surface area contributed by atoms with Crippen LogP contribution >= 0.6 is 0 Å². The van der Waals surface area contributed by atoms with Crippen LogP contribution in [0.15, 0.2) is 108 Å². The lowest BCUT2D eigenvalue weighted by Crippen LogP contribution is -2.17. The van der Waals surface area contributed by atoms with E-state index in [1.807, 2.05) is 13.0 Å². The van der Waals surface area contributed by atoms with Crippen LogP contribution in [0.4, 0.5) is 0 Å². The lowest BCUT2D eigenvalue weighted by molar-refractivity contribution is -0.419. The molecule has 0 saturated heterocycles. The number of benzene rings is 3. The molecule has 2 N–H and O–H groups in total. The molecule has 0 aliphatic heterocycles. The Bertz CT molecular complexity index is 1600. The van der Waals surface area contributed by atoms with Crippen LogP contribution in [0.2, 0.25) is 0 Å². The van der Waals surface area contributed by atoms with Gasteiger partial charge in [0, 0.05) is 17.3 Å². The zero-order valence-electron chi connectivity index (χ0n) is 26.8. The normalized spacial score (nSPS) is 13.9. The third kappa shape index (κ3) is 7.97. The smallest absolute Gasteiger partial charge is 0.265 e. The van der Waals surface area contributed by atoms with Crippen molar-refractivity contribution in [3.8, 4) is 0 Å². The summed E-state index contributed by atoms with van der Waals surface area (Å²) in [6.07, 6.45) is 7.85. The Morgan fingerprint density at radius 2 is 1.48 bits per heavy atom. The van der Waals surface area contributed by atoms with E-state index in [0.29, 0.717) is 23.3 Å². The molecule has 4 nitrogen and oxygen atoms in total. The summed E-state index contributed by atoms with van der Waals surface area (Å²) in [6.45, 7) is 23.0. The van der Waals surface area contributed by atoms with Gasteiger partial charge in [-0.3, -0.25) is 10.1 Å². The lowest BCUT2D eigenvalue weighted by atomic mass is 9.78. The van der Waals surface area contributed by atoms with Gasteiger partial charge in [0.2, 0.25) is 0 Å². The molecule has 3 rings (SSSR count). The Balaban J connectivity index is 2.29. The van der Waals surface area contributed by atoms with Crippen molar-refractivity contribution in [2.75, 3.05) is 0 Å². The molecule has 220 valence electrons. The SMILES string of the molecule is C=C(C)C(=C\C(=C/C)[N+](=O)[O-])/C(N)=C/C(=C\Cc1cc2ccccc2cc1C)c1cc(C(C)(C)C)cc(C(C)(C)C)c1. The third-order valence-electron chi connectivity index (χ3n) is 7.63. The van der Waals surface area contributed by atoms with Crippen molar-refractivity contribution < 1.29 is 4.92 Å². The third-order valence-corrected chi connectivity index (χ3v) is 7.63. The van der Waals surface area contributed by atoms with Crippen molar-refractivity contribution in [3.63, 3.8) is 0 Å². The second-order valence-corrected chi connectivity index (χ2v) is 13.2. The van der Waals surface area contributed by atoms with Gasteiger partial charge >= 0.3 is 0 Å². The van der Waals surface area contributed by atoms with E-state index in [-0.39, 0.29) is 16.5 Å². The molecular weight excluding hydrogens is 516 g/mol. The topological polar surface area (TPSA) is 69.2 Å². The summed E-state index contributed by atoms with van der Waals surface area (Å²) in [6, 6.07) is 19.7. The van der Waals surface area contributed by atoms with E-state index in [9.17, 15) is 10.1 Å². The summed E-state index contributed by atoms with van der Waals surface area (Å²) in [7, 11) is 0. The molecule has 3 aromatic carbocycles. The van der Waals surface area contributed by atoms with Crippen LogP contribution in [-0.4, -0.2) is 4.92 Å². The van der Waals surface area contributed by atoms with E-state index in [2.05, 4.69) is 116 Å². The lowest BCUT2D eigenvalue weighted by Gasteiger charge is -2.26. The first-order chi connectivity index (χ1) is 19.5. The maximum absolute atomic E-state index is 11.6. The molecule has 0 aliphatic carbocycles. The van der Waals surface area contributed by atoms with Gasteiger partial charge < -0.3 is 5.73 Å². The minimum absolute atomic E-state index is 0.0218. The highest BCUT2D eigenvalue weighted by atomic mass is 16.6. The van der Waals surface area contributed by atoms with Gasteiger partial charge in [-0.1, -0.05) is 109 Å². The molecule has 0 aromatic heterocycles. The largest absolute Gasteiger partial charge is 0.398 e. The number of nitrogens with zero attached hydrogens (tertiary/aromatic N) is 1. The standard InChI is InChI=1S/C38H46N2O2/c1-11-34(40(41)42)24-35(25(2)3)36(39)22-30(17-16-27-19-29-15-13-12-14-28(29)18-26(27)4)31-20-32(37(5,6)7)23-33(21-31)38(8,9)10/h11-15,17-24H,2,16,39H2,1,3-10H3/b30-17+,34-11+,35-24+,36-22-. The van der Waals surface area contributed by atoms with Crippen molar-refractivity contribution >= 4 is 16.3 Å². The van der Waals surface area contributed by atoms with Gasteiger partial charge in [0.05, 0.1) is 4.92 Å². The molecule has 0 aliphatic rings. The minimum atomic E-state index is -0.405. The first-order valence-electron chi connectivity index (χ1n) is 14.5. The number of hydrogen-bond donors (Lipinski definition) is 1. The van der Waals surface area contributed by atoms with Crippen LogP contribution < -0.4 is 5.73 Å². The fourth-order valence-electron chi connectivity index (χ4n) is 4.85. The summed E-state index contributed by atoms with van der Waals surface area (Å²) < 4.78 is 0. The summed E-state index contributed by atoms with van der Waals surface area (Å²) in [5.74, 6) is 0. The number of nitro groups is 1. The van der Waals surface area contributed by atoms with Gasteiger partial charge in [-0.2, -0.15) is 0 Å². The van der Waals surface area contributed by atoms with Crippen molar-refractivity contribution in [2.24, 2.45) is 5.73 Å². The second-order valence-electron chi connectivity index (χ2n) is 13.2. The number of fused-ring (bicyclic) bond motifs is 1. The second kappa shape index (κ2) is 12.8. The van der Waals surface area contributed by atoms with Crippen LogP contribution in [-0.2, 0) is 17.3 Å². The van der Waals surface area contributed by atoms with Crippen LogP contribution in [0.3, 0.4) is 0 Å². The molecule has 42 heavy (non-hydrogen) atoms. The molecule has 0 spiro atoms. The van der Waals surface area contributed by atoms with E-state index in [1.165, 1.54) is 45.2 Å². The molecule has 0 fully saturated rings. The van der Waals surface area contributed by atoms with Crippen LogP contribution in [0.5, 0.6) is 0 Å². The van der Waals surface area contributed by atoms with Gasteiger partial charge in [-0.15, -0.1) is 0 Å².